The number of aliphatic hydroxyl groups excluding tert-OH is 1. The van der Waals surface area contributed by atoms with E-state index in [1.165, 1.54) is 39.3 Å². The number of benzene rings is 2. The van der Waals surface area contributed by atoms with E-state index in [4.69, 9.17) is 24.1 Å². The van der Waals surface area contributed by atoms with Gasteiger partial charge in [-0.05, 0) is 37.3 Å². The van der Waals surface area contributed by atoms with E-state index in [0.29, 0.717) is 22.6 Å². The van der Waals surface area contributed by atoms with E-state index in [1.54, 1.807) is 24.3 Å². The van der Waals surface area contributed by atoms with E-state index < -0.39 is 30.6 Å². The molecule has 10 heteroatoms. The number of hydrogen-bond donors (Lipinski definition) is 3. The lowest BCUT2D eigenvalue weighted by Gasteiger charge is -2.17. The summed E-state index contributed by atoms with van der Waals surface area (Å²) in [6.07, 6.45) is 0.275. The SMILES string of the molecule is COc1ccc(/C=C2\Oc3cc(OCC(=O)N[C@@H](C(=O)O)[C@H](C)O)ccc3C2=O)c(OC)c1. The van der Waals surface area contributed by atoms with E-state index in [0.717, 1.165) is 0 Å². The van der Waals surface area contributed by atoms with E-state index in [2.05, 4.69) is 5.32 Å². The summed E-state index contributed by atoms with van der Waals surface area (Å²) in [5.41, 5.74) is 0.944. The van der Waals surface area contributed by atoms with Gasteiger partial charge >= 0.3 is 5.97 Å². The number of aliphatic hydroxyl groups is 1. The number of fused-ring (bicyclic) bond motifs is 1. The van der Waals surface area contributed by atoms with Crippen LogP contribution in [0, 0.1) is 0 Å². The van der Waals surface area contributed by atoms with E-state index in [1.807, 2.05) is 0 Å². The van der Waals surface area contributed by atoms with Gasteiger partial charge in [0.1, 0.15) is 23.0 Å². The number of nitrogens with one attached hydrogen (secondary N) is 1. The third kappa shape index (κ3) is 5.42. The summed E-state index contributed by atoms with van der Waals surface area (Å²) in [6, 6.07) is 8.14. The molecule has 1 amide bonds. The van der Waals surface area contributed by atoms with Gasteiger partial charge in [0.25, 0.3) is 5.91 Å². The van der Waals surface area contributed by atoms with Crippen LogP contribution in [0.4, 0.5) is 0 Å². The molecular weight excluding hydrogens is 434 g/mol. The Hall–Kier alpha value is -4.05. The summed E-state index contributed by atoms with van der Waals surface area (Å²) in [5.74, 6) is -0.736. The molecule has 0 fully saturated rings. The Bertz CT molecular complexity index is 1110. The van der Waals surface area contributed by atoms with Crippen LogP contribution >= 0.6 is 0 Å². The highest BCUT2D eigenvalue weighted by atomic mass is 16.5. The number of carbonyl (C=O) groups excluding carboxylic acids is 2. The summed E-state index contributed by atoms with van der Waals surface area (Å²) in [7, 11) is 3.04. The van der Waals surface area contributed by atoms with Gasteiger partial charge in [0.2, 0.25) is 5.78 Å². The fraction of sp³-hybridized carbons (Fsp3) is 0.261. The van der Waals surface area contributed by atoms with Gasteiger partial charge in [-0.2, -0.15) is 0 Å². The molecule has 0 radical (unpaired) electrons. The van der Waals surface area contributed by atoms with Gasteiger partial charge in [0, 0.05) is 17.7 Å². The molecule has 0 bridgehead atoms. The standard InChI is InChI=1S/C23H23NO9/c1-12(25)21(23(28)29)24-20(26)11-32-15-6-7-16-18(10-15)33-19(22(16)27)8-13-4-5-14(30-2)9-17(13)31-3/h4-10,12,21,25H,11H2,1-3H3,(H,24,26)(H,28,29)/b19-8-/t12-,21+/m0/s1. The van der Waals surface area contributed by atoms with Crippen LogP contribution in [0.25, 0.3) is 6.08 Å². The molecule has 0 spiro atoms. The molecule has 0 saturated heterocycles. The first-order valence-electron chi connectivity index (χ1n) is 9.86. The fourth-order valence-electron chi connectivity index (χ4n) is 3.09. The van der Waals surface area contributed by atoms with Crippen molar-refractivity contribution < 1.29 is 43.5 Å². The molecule has 1 aliphatic heterocycles. The van der Waals surface area contributed by atoms with Crippen molar-refractivity contribution in [1.82, 2.24) is 5.32 Å². The number of methoxy groups -OCH3 is 2. The Balaban J connectivity index is 1.70. The van der Waals surface area contributed by atoms with Crippen molar-refractivity contribution >= 4 is 23.7 Å². The van der Waals surface area contributed by atoms with Crippen LogP contribution in [0.1, 0.15) is 22.8 Å². The summed E-state index contributed by atoms with van der Waals surface area (Å²) < 4.78 is 21.6. The quantitative estimate of drug-likeness (QED) is 0.479. The molecule has 10 nitrogen and oxygen atoms in total. The van der Waals surface area contributed by atoms with Gasteiger partial charge < -0.3 is 34.5 Å². The van der Waals surface area contributed by atoms with Gasteiger partial charge in [-0.15, -0.1) is 0 Å². The second kappa shape index (κ2) is 10.0. The number of allylic oxidation sites excluding steroid dienone is 1. The Morgan fingerprint density at radius 1 is 1.12 bits per heavy atom. The third-order valence-corrected chi connectivity index (χ3v) is 4.80. The molecule has 2 atom stereocenters. The molecule has 2 aromatic rings. The zero-order chi connectivity index (χ0) is 24.1. The van der Waals surface area contributed by atoms with Crippen molar-refractivity contribution in [3.8, 4) is 23.0 Å². The number of carbonyl (C=O) groups is 3. The number of hydrogen-bond acceptors (Lipinski definition) is 8. The third-order valence-electron chi connectivity index (χ3n) is 4.80. The van der Waals surface area contributed by atoms with E-state index in [-0.39, 0.29) is 23.0 Å². The largest absolute Gasteiger partial charge is 0.497 e. The number of ether oxygens (including phenoxy) is 4. The number of amides is 1. The number of carboxylic acid groups (broad SMARTS) is 1. The molecule has 0 aromatic heterocycles. The van der Waals surface area contributed by atoms with Crippen LogP contribution in [0.2, 0.25) is 0 Å². The van der Waals surface area contributed by atoms with Gasteiger partial charge in [-0.1, -0.05) is 0 Å². The molecule has 1 aliphatic rings. The highest BCUT2D eigenvalue weighted by Gasteiger charge is 2.29. The average Bonchev–Trinajstić information content (AvgIpc) is 3.10. The molecule has 33 heavy (non-hydrogen) atoms. The van der Waals surface area contributed by atoms with Crippen molar-refractivity contribution in [2.45, 2.75) is 19.1 Å². The second-order valence-electron chi connectivity index (χ2n) is 7.12. The zero-order valence-corrected chi connectivity index (χ0v) is 18.2. The molecule has 0 unspecified atom stereocenters. The lowest BCUT2D eigenvalue weighted by molar-refractivity contribution is -0.145. The predicted octanol–water partition coefficient (Wildman–Crippen LogP) is 1.65. The zero-order valence-electron chi connectivity index (χ0n) is 18.2. The van der Waals surface area contributed by atoms with Crippen molar-refractivity contribution in [2.24, 2.45) is 0 Å². The van der Waals surface area contributed by atoms with Crippen LogP contribution in [-0.2, 0) is 9.59 Å². The lowest BCUT2D eigenvalue weighted by atomic mass is 10.1. The number of aliphatic carboxylic acids is 1. The first-order chi connectivity index (χ1) is 15.7. The summed E-state index contributed by atoms with van der Waals surface area (Å²) in [4.78, 5) is 35.7. The normalized spacial score (nSPS) is 15.3. The number of Topliss-reactive ketones (excluding diaryl/α,β-unsaturated/α-hetero) is 1. The maximum absolute atomic E-state index is 12.7. The molecular formula is C23H23NO9. The van der Waals surface area contributed by atoms with E-state index in [9.17, 15) is 19.5 Å². The maximum atomic E-state index is 12.7. The van der Waals surface area contributed by atoms with Crippen molar-refractivity contribution in [1.29, 1.82) is 0 Å². The van der Waals surface area contributed by atoms with Crippen LogP contribution in [0.3, 0.4) is 0 Å². The average molecular weight is 457 g/mol. The molecule has 1 heterocycles. The summed E-state index contributed by atoms with van der Waals surface area (Å²) in [6.45, 7) is 0.760. The second-order valence-corrected chi connectivity index (χ2v) is 7.12. The summed E-state index contributed by atoms with van der Waals surface area (Å²) >= 11 is 0. The minimum Gasteiger partial charge on any atom is -0.497 e. The number of ketones is 1. The Labute approximate surface area is 189 Å². The minimum atomic E-state index is -1.45. The van der Waals surface area contributed by atoms with Crippen LogP contribution in [-0.4, -0.2) is 60.8 Å². The summed E-state index contributed by atoms with van der Waals surface area (Å²) in [5, 5.41) is 20.6. The maximum Gasteiger partial charge on any atom is 0.328 e. The topological polar surface area (TPSA) is 141 Å². The molecule has 174 valence electrons. The first-order valence-corrected chi connectivity index (χ1v) is 9.86. The Morgan fingerprint density at radius 3 is 2.48 bits per heavy atom. The number of rotatable bonds is 9. The van der Waals surface area contributed by atoms with Gasteiger partial charge in [-0.25, -0.2) is 4.79 Å². The van der Waals surface area contributed by atoms with Crippen LogP contribution < -0.4 is 24.3 Å². The molecule has 3 rings (SSSR count). The molecule has 3 N–H and O–H groups in total. The van der Waals surface area contributed by atoms with E-state index >= 15 is 0 Å². The molecule has 0 saturated carbocycles. The van der Waals surface area contributed by atoms with Gasteiger partial charge in [-0.3, -0.25) is 9.59 Å². The van der Waals surface area contributed by atoms with Crippen molar-refractivity contribution in [2.75, 3.05) is 20.8 Å². The Morgan fingerprint density at radius 2 is 1.85 bits per heavy atom. The first kappa shape index (κ1) is 23.6. The van der Waals surface area contributed by atoms with Crippen molar-refractivity contribution in [3.05, 3.63) is 53.3 Å². The van der Waals surface area contributed by atoms with Crippen molar-refractivity contribution in [3.63, 3.8) is 0 Å². The monoisotopic (exact) mass is 457 g/mol. The lowest BCUT2D eigenvalue weighted by Crippen LogP contribution is -2.49. The van der Waals surface area contributed by atoms with Crippen LogP contribution in [0.15, 0.2) is 42.2 Å². The molecule has 0 aliphatic carbocycles. The van der Waals surface area contributed by atoms with Gasteiger partial charge in [0.05, 0.1) is 25.9 Å². The number of carboxylic acids is 1. The predicted molar refractivity (Wildman–Crippen MR) is 116 cm³/mol. The molecule has 2 aromatic carbocycles. The Kier molecular flexibility index (Phi) is 7.19. The van der Waals surface area contributed by atoms with Crippen LogP contribution in [0.5, 0.6) is 23.0 Å². The fourth-order valence-corrected chi connectivity index (χ4v) is 3.09. The van der Waals surface area contributed by atoms with Gasteiger partial charge in [0.15, 0.2) is 18.4 Å². The highest BCUT2D eigenvalue weighted by molar-refractivity contribution is 6.14. The minimum absolute atomic E-state index is 0.0876. The smallest absolute Gasteiger partial charge is 0.328 e. The highest BCUT2D eigenvalue weighted by Crippen LogP contribution is 2.36.